The van der Waals surface area contributed by atoms with E-state index in [2.05, 4.69) is 4.98 Å². The number of hydrogen-bond acceptors (Lipinski definition) is 4. The number of aliphatic hydroxyl groups is 1. The third-order valence-electron chi connectivity index (χ3n) is 3.46. The smallest absolute Gasteiger partial charge is 0.257 e. The van der Waals surface area contributed by atoms with Gasteiger partial charge in [0.15, 0.2) is 0 Å². The van der Waals surface area contributed by atoms with Crippen LogP contribution in [-0.4, -0.2) is 40.6 Å². The molecule has 2 heterocycles. The molecule has 1 aromatic rings. The SMILES string of the molecule is Cc1cc(N)c(C(=O)N2CCC(CO)CC2)cn1. The number of nitrogens with two attached hydrogens (primary N) is 1. The minimum atomic E-state index is -0.0589. The highest BCUT2D eigenvalue weighted by Gasteiger charge is 2.24. The van der Waals surface area contributed by atoms with E-state index in [1.807, 2.05) is 6.92 Å². The van der Waals surface area contributed by atoms with Gasteiger partial charge in [-0.15, -0.1) is 0 Å². The first-order valence-electron chi connectivity index (χ1n) is 6.24. The number of nitrogen functional groups attached to an aromatic ring is 1. The van der Waals surface area contributed by atoms with Crippen LogP contribution in [0.1, 0.15) is 28.9 Å². The molecule has 98 valence electrons. The Labute approximate surface area is 107 Å². The quantitative estimate of drug-likeness (QED) is 0.813. The third kappa shape index (κ3) is 2.61. The van der Waals surface area contributed by atoms with Gasteiger partial charge in [-0.05, 0) is 31.7 Å². The van der Waals surface area contributed by atoms with Crippen LogP contribution in [0.5, 0.6) is 0 Å². The number of aryl methyl sites for hydroxylation is 1. The molecule has 0 saturated carbocycles. The summed E-state index contributed by atoms with van der Waals surface area (Å²) < 4.78 is 0. The molecule has 1 aliphatic rings. The lowest BCUT2D eigenvalue weighted by atomic mass is 9.97. The Morgan fingerprint density at radius 3 is 2.78 bits per heavy atom. The standard InChI is InChI=1S/C13H19N3O2/c1-9-6-12(14)11(7-15-9)13(18)16-4-2-10(8-17)3-5-16/h6-7,10,17H,2-5,8H2,1H3,(H2,14,15). The zero-order valence-electron chi connectivity index (χ0n) is 10.6. The average molecular weight is 249 g/mol. The number of piperidine rings is 1. The largest absolute Gasteiger partial charge is 0.398 e. The monoisotopic (exact) mass is 249 g/mol. The second-order valence-electron chi connectivity index (χ2n) is 4.83. The first kappa shape index (κ1) is 12.8. The maximum atomic E-state index is 12.3. The van der Waals surface area contributed by atoms with Crippen molar-refractivity contribution < 1.29 is 9.90 Å². The molecule has 1 aliphatic heterocycles. The summed E-state index contributed by atoms with van der Waals surface area (Å²) in [7, 11) is 0. The summed E-state index contributed by atoms with van der Waals surface area (Å²) in [4.78, 5) is 18.2. The second-order valence-corrected chi connectivity index (χ2v) is 4.83. The van der Waals surface area contributed by atoms with Gasteiger partial charge in [0, 0.05) is 37.3 Å². The molecule has 5 nitrogen and oxygen atoms in total. The number of hydrogen-bond donors (Lipinski definition) is 2. The van der Waals surface area contributed by atoms with Crippen LogP contribution >= 0.6 is 0 Å². The fraction of sp³-hybridized carbons (Fsp3) is 0.538. The number of aromatic nitrogens is 1. The normalized spacial score (nSPS) is 16.9. The van der Waals surface area contributed by atoms with E-state index >= 15 is 0 Å². The van der Waals surface area contributed by atoms with E-state index in [9.17, 15) is 4.79 Å². The molecular weight excluding hydrogens is 230 g/mol. The van der Waals surface area contributed by atoms with E-state index in [4.69, 9.17) is 10.8 Å². The van der Waals surface area contributed by atoms with Crippen molar-refractivity contribution in [3.63, 3.8) is 0 Å². The highest BCUT2D eigenvalue weighted by Crippen LogP contribution is 2.20. The predicted octanol–water partition coefficient (Wildman–Crippen LogP) is 0.817. The minimum Gasteiger partial charge on any atom is -0.398 e. The van der Waals surface area contributed by atoms with E-state index in [-0.39, 0.29) is 12.5 Å². The Bertz CT molecular complexity index is 440. The van der Waals surface area contributed by atoms with Gasteiger partial charge < -0.3 is 15.7 Å². The topological polar surface area (TPSA) is 79.5 Å². The van der Waals surface area contributed by atoms with E-state index in [1.165, 1.54) is 0 Å². The summed E-state index contributed by atoms with van der Waals surface area (Å²) in [5.74, 6) is 0.263. The Morgan fingerprint density at radius 2 is 2.22 bits per heavy atom. The summed E-state index contributed by atoms with van der Waals surface area (Å²) in [6, 6.07) is 1.72. The van der Waals surface area contributed by atoms with Crippen molar-refractivity contribution in [1.82, 2.24) is 9.88 Å². The molecule has 0 unspecified atom stereocenters. The summed E-state index contributed by atoms with van der Waals surface area (Å²) in [5.41, 5.74) is 7.62. The second kappa shape index (κ2) is 5.35. The number of likely N-dealkylation sites (tertiary alicyclic amines) is 1. The molecular formula is C13H19N3O2. The van der Waals surface area contributed by atoms with Gasteiger partial charge in [-0.3, -0.25) is 9.78 Å². The summed E-state index contributed by atoms with van der Waals surface area (Å²) in [5, 5.41) is 9.07. The Balaban J connectivity index is 2.08. The van der Waals surface area contributed by atoms with Crippen LogP contribution in [0.3, 0.4) is 0 Å². The molecule has 3 N–H and O–H groups in total. The minimum absolute atomic E-state index is 0.0589. The van der Waals surface area contributed by atoms with Crippen LogP contribution in [-0.2, 0) is 0 Å². The van der Waals surface area contributed by atoms with E-state index < -0.39 is 0 Å². The summed E-state index contributed by atoms with van der Waals surface area (Å²) >= 11 is 0. The maximum Gasteiger partial charge on any atom is 0.257 e. The lowest BCUT2D eigenvalue weighted by Crippen LogP contribution is -2.39. The predicted molar refractivity (Wildman–Crippen MR) is 69.1 cm³/mol. The molecule has 18 heavy (non-hydrogen) atoms. The lowest BCUT2D eigenvalue weighted by molar-refractivity contribution is 0.0651. The van der Waals surface area contributed by atoms with Crippen LogP contribution in [0.4, 0.5) is 5.69 Å². The highest BCUT2D eigenvalue weighted by molar-refractivity contribution is 5.98. The molecule has 1 amide bonds. The maximum absolute atomic E-state index is 12.3. The molecule has 1 fully saturated rings. The Morgan fingerprint density at radius 1 is 1.56 bits per heavy atom. The van der Waals surface area contributed by atoms with Gasteiger partial charge in [-0.2, -0.15) is 0 Å². The van der Waals surface area contributed by atoms with Crippen LogP contribution in [0, 0.1) is 12.8 Å². The van der Waals surface area contributed by atoms with Crippen molar-refractivity contribution in [2.24, 2.45) is 5.92 Å². The molecule has 0 aliphatic carbocycles. The van der Waals surface area contributed by atoms with Gasteiger partial charge in [0.25, 0.3) is 5.91 Å². The molecule has 5 heteroatoms. The Kier molecular flexibility index (Phi) is 3.81. The number of anilines is 1. The van der Waals surface area contributed by atoms with Crippen LogP contribution in [0.15, 0.2) is 12.3 Å². The fourth-order valence-corrected chi connectivity index (χ4v) is 2.25. The summed E-state index contributed by atoms with van der Waals surface area (Å²) in [6.45, 7) is 3.41. The number of aliphatic hydroxyl groups excluding tert-OH is 1. The number of amides is 1. The molecule has 0 spiro atoms. The first-order valence-corrected chi connectivity index (χ1v) is 6.24. The molecule has 0 atom stereocenters. The van der Waals surface area contributed by atoms with Crippen LogP contribution < -0.4 is 5.73 Å². The molecule has 0 bridgehead atoms. The molecule has 2 rings (SSSR count). The van der Waals surface area contributed by atoms with Gasteiger partial charge in [0.2, 0.25) is 0 Å². The molecule has 1 saturated heterocycles. The van der Waals surface area contributed by atoms with Crippen molar-refractivity contribution >= 4 is 11.6 Å². The van der Waals surface area contributed by atoms with Gasteiger partial charge in [0.1, 0.15) is 0 Å². The number of carbonyl (C=O) groups excluding carboxylic acids is 1. The number of pyridine rings is 1. The molecule has 0 aromatic carbocycles. The van der Waals surface area contributed by atoms with E-state index in [0.29, 0.717) is 30.3 Å². The number of nitrogens with zero attached hydrogens (tertiary/aromatic N) is 2. The zero-order chi connectivity index (χ0) is 13.1. The van der Waals surface area contributed by atoms with E-state index in [0.717, 1.165) is 18.5 Å². The van der Waals surface area contributed by atoms with Gasteiger partial charge in [-0.1, -0.05) is 0 Å². The lowest BCUT2D eigenvalue weighted by Gasteiger charge is -2.31. The average Bonchev–Trinajstić information content (AvgIpc) is 2.38. The Hall–Kier alpha value is -1.62. The number of carbonyl (C=O) groups is 1. The van der Waals surface area contributed by atoms with Crippen molar-refractivity contribution in [2.45, 2.75) is 19.8 Å². The fourth-order valence-electron chi connectivity index (χ4n) is 2.25. The van der Waals surface area contributed by atoms with Crippen molar-refractivity contribution in [3.8, 4) is 0 Å². The molecule has 1 aromatic heterocycles. The zero-order valence-corrected chi connectivity index (χ0v) is 10.6. The van der Waals surface area contributed by atoms with Gasteiger partial charge in [-0.25, -0.2) is 0 Å². The first-order chi connectivity index (χ1) is 8.61. The molecule has 0 radical (unpaired) electrons. The van der Waals surface area contributed by atoms with Crippen molar-refractivity contribution in [1.29, 1.82) is 0 Å². The van der Waals surface area contributed by atoms with Crippen molar-refractivity contribution in [2.75, 3.05) is 25.4 Å². The van der Waals surface area contributed by atoms with E-state index in [1.54, 1.807) is 17.2 Å². The van der Waals surface area contributed by atoms with Crippen LogP contribution in [0.2, 0.25) is 0 Å². The van der Waals surface area contributed by atoms with Gasteiger partial charge >= 0.3 is 0 Å². The highest BCUT2D eigenvalue weighted by atomic mass is 16.3. The number of rotatable bonds is 2. The van der Waals surface area contributed by atoms with Gasteiger partial charge in [0.05, 0.1) is 5.56 Å². The summed E-state index contributed by atoms with van der Waals surface area (Å²) in [6.07, 6.45) is 3.24. The van der Waals surface area contributed by atoms with Crippen molar-refractivity contribution in [3.05, 3.63) is 23.5 Å². The van der Waals surface area contributed by atoms with Crippen LogP contribution in [0.25, 0.3) is 0 Å². The third-order valence-corrected chi connectivity index (χ3v) is 3.46.